The molecule has 2 N–H and O–H groups in total. The zero-order valence-corrected chi connectivity index (χ0v) is 10.3. The van der Waals surface area contributed by atoms with Gasteiger partial charge in [-0.05, 0) is 24.1 Å². The van der Waals surface area contributed by atoms with E-state index in [2.05, 4.69) is 0 Å². The Morgan fingerprint density at radius 3 is 2.61 bits per heavy atom. The first-order valence-corrected chi connectivity index (χ1v) is 5.93. The monoisotopic (exact) mass is 244 g/mol. The number of allylic oxidation sites excluding steroid dienone is 1. The van der Waals surface area contributed by atoms with E-state index in [9.17, 15) is 9.59 Å². The van der Waals surface area contributed by atoms with E-state index in [0.717, 1.165) is 11.1 Å². The van der Waals surface area contributed by atoms with E-state index < -0.39 is 11.9 Å². The lowest BCUT2D eigenvalue weighted by Gasteiger charge is -2.34. The molecule has 0 spiro atoms. The molecule has 1 aromatic rings. The van der Waals surface area contributed by atoms with Crippen LogP contribution >= 0.6 is 0 Å². The Bertz CT molecular complexity index is 508. The number of hydrogen-bond donors (Lipinski definition) is 1. The summed E-state index contributed by atoms with van der Waals surface area (Å²) >= 11 is 0. The van der Waals surface area contributed by atoms with Gasteiger partial charge in [-0.1, -0.05) is 30.3 Å². The van der Waals surface area contributed by atoms with Crippen LogP contribution in [0, 0.1) is 0 Å². The lowest BCUT2D eigenvalue weighted by atomic mass is 9.93. The molecule has 4 nitrogen and oxygen atoms in total. The predicted octanol–water partition coefficient (Wildman–Crippen LogP) is 1.00. The second kappa shape index (κ2) is 5.04. The summed E-state index contributed by atoms with van der Waals surface area (Å²) in [6.45, 7) is 2.21. The van der Waals surface area contributed by atoms with Crippen LogP contribution in [0.25, 0.3) is 0 Å². The van der Waals surface area contributed by atoms with Crippen molar-refractivity contribution in [1.29, 1.82) is 0 Å². The van der Waals surface area contributed by atoms with Crippen LogP contribution in [0.1, 0.15) is 18.1 Å². The van der Waals surface area contributed by atoms with Crippen molar-refractivity contribution in [3.05, 3.63) is 47.5 Å². The van der Waals surface area contributed by atoms with Crippen molar-refractivity contribution in [2.24, 2.45) is 5.73 Å². The summed E-state index contributed by atoms with van der Waals surface area (Å²) < 4.78 is 0. The highest BCUT2D eigenvalue weighted by Crippen LogP contribution is 2.23. The highest BCUT2D eigenvalue weighted by Gasteiger charge is 2.31. The molecule has 1 heterocycles. The fraction of sp³-hybridized carbons (Fsp3) is 0.286. The Hall–Kier alpha value is -2.10. The minimum absolute atomic E-state index is 0.171. The Balaban J connectivity index is 2.34. The molecule has 0 radical (unpaired) electrons. The van der Waals surface area contributed by atoms with Crippen LogP contribution in [0.4, 0.5) is 0 Å². The standard InChI is InChI=1S/C14H16N2O2/c1-2-5-13(17)16-9-11-7-4-3-6-10(11)8-12(16)14(15)18/h2-7,12H,8-9H2,1H3,(H2,15,18)/t12-/m0/s1. The molecule has 94 valence electrons. The summed E-state index contributed by atoms with van der Waals surface area (Å²) in [6, 6.07) is 7.26. The molecule has 0 bridgehead atoms. The predicted molar refractivity (Wildman–Crippen MR) is 68.5 cm³/mol. The lowest BCUT2D eigenvalue weighted by Crippen LogP contribution is -2.50. The van der Waals surface area contributed by atoms with Crippen LogP contribution < -0.4 is 5.73 Å². The Kier molecular flexibility index (Phi) is 3.46. The zero-order valence-electron chi connectivity index (χ0n) is 10.3. The molecule has 0 saturated heterocycles. The van der Waals surface area contributed by atoms with Crippen LogP contribution in [0.2, 0.25) is 0 Å². The van der Waals surface area contributed by atoms with E-state index in [-0.39, 0.29) is 5.91 Å². The Morgan fingerprint density at radius 1 is 1.33 bits per heavy atom. The van der Waals surface area contributed by atoms with Crippen molar-refractivity contribution in [1.82, 2.24) is 4.90 Å². The number of carbonyl (C=O) groups excluding carboxylic acids is 2. The van der Waals surface area contributed by atoms with Crippen LogP contribution in [0.3, 0.4) is 0 Å². The van der Waals surface area contributed by atoms with Crippen molar-refractivity contribution in [3.8, 4) is 0 Å². The van der Waals surface area contributed by atoms with Gasteiger partial charge in [-0.3, -0.25) is 9.59 Å². The summed E-state index contributed by atoms with van der Waals surface area (Å²) in [5, 5.41) is 0. The third-order valence-electron chi connectivity index (χ3n) is 3.17. The summed E-state index contributed by atoms with van der Waals surface area (Å²) in [5.41, 5.74) is 7.56. The molecule has 18 heavy (non-hydrogen) atoms. The number of nitrogens with two attached hydrogens (primary N) is 1. The van der Waals surface area contributed by atoms with Crippen molar-refractivity contribution in [2.45, 2.75) is 25.9 Å². The van der Waals surface area contributed by atoms with Gasteiger partial charge < -0.3 is 10.6 Å². The van der Waals surface area contributed by atoms with E-state index in [4.69, 9.17) is 5.73 Å². The second-order valence-corrected chi connectivity index (χ2v) is 4.36. The maximum atomic E-state index is 12.0. The molecule has 0 saturated carbocycles. The summed E-state index contributed by atoms with van der Waals surface area (Å²) in [7, 11) is 0. The van der Waals surface area contributed by atoms with Gasteiger partial charge in [0.2, 0.25) is 11.8 Å². The number of carbonyl (C=O) groups is 2. The minimum Gasteiger partial charge on any atom is -0.368 e. The number of benzene rings is 1. The maximum absolute atomic E-state index is 12.0. The molecular weight excluding hydrogens is 228 g/mol. The zero-order chi connectivity index (χ0) is 13.1. The van der Waals surface area contributed by atoms with Gasteiger partial charge in [0.15, 0.2) is 0 Å². The topological polar surface area (TPSA) is 63.4 Å². The molecule has 0 unspecified atom stereocenters. The Labute approximate surface area is 106 Å². The average molecular weight is 244 g/mol. The molecule has 1 atom stereocenters. The molecule has 1 aromatic carbocycles. The quantitative estimate of drug-likeness (QED) is 0.789. The fourth-order valence-electron chi connectivity index (χ4n) is 2.25. The van der Waals surface area contributed by atoms with Crippen LogP contribution in [0.5, 0.6) is 0 Å². The van der Waals surface area contributed by atoms with E-state index in [1.807, 2.05) is 24.3 Å². The molecule has 0 aliphatic carbocycles. The molecule has 0 aromatic heterocycles. The van der Waals surface area contributed by atoms with E-state index >= 15 is 0 Å². The number of hydrogen-bond acceptors (Lipinski definition) is 2. The molecule has 0 fully saturated rings. The van der Waals surface area contributed by atoms with E-state index in [1.165, 1.54) is 11.0 Å². The van der Waals surface area contributed by atoms with Crippen LogP contribution in [-0.4, -0.2) is 22.8 Å². The fourth-order valence-corrected chi connectivity index (χ4v) is 2.25. The summed E-state index contributed by atoms with van der Waals surface area (Å²) in [4.78, 5) is 25.0. The van der Waals surface area contributed by atoms with Crippen molar-refractivity contribution < 1.29 is 9.59 Å². The van der Waals surface area contributed by atoms with Crippen molar-refractivity contribution >= 4 is 11.8 Å². The molecule has 2 rings (SSSR count). The first-order valence-electron chi connectivity index (χ1n) is 5.93. The van der Waals surface area contributed by atoms with Crippen LogP contribution in [-0.2, 0) is 22.6 Å². The highest BCUT2D eigenvalue weighted by molar-refractivity contribution is 5.93. The molecule has 4 heteroatoms. The average Bonchev–Trinajstić information content (AvgIpc) is 2.37. The van der Waals surface area contributed by atoms with Gasteiger partial charge in [-0.2, -0.15) is 0 Å². The van der Waals surface area contributed by atoms with Gasteiger partial charge >= 0.3 is 0 Å². The van der Waals surface area contributed by atoms with Gasteiger partial charge in [0, 0.05) is 13.0 Å². The molecular formula is C14H16N2O2. The van der Waals surface area contributed by atoms with Gasteiger partial charge in [0.1, 0.15) is 6.04 Å². The van der Waals surface area contributed by atoms with Crippen LogP contribution in [0.15, 0.2) is 36.4 Å². The van der Waals surface area contributed by atoms with Crippen molar-refractivity contribution in [3.63, 3.8) is 0 Å². The van der Waals surface area contributed by atoms with Gasteiger partial charge in [-0.15, -0.1) is 0 Å². The summed E-state index contributed by atoms with van der Waals surface area (Å²) in [5.74, 6) is -0.627. The molecule has 1 aliphatic heterocycles. The first-order chi connectivity index (χ1) is 8.63. The number of amides is 2. The third-order valence-corrected chi connectivity index (χ3v) is 3.17. The summed E-state index contributed by atoms with van der Waals surface area (Å²) in [6.07, 6.45) is 3.62. The number of fused-ring (bicyclic) bond motifs is 1. The number of primary amides is 1. The SMILES string of the molecule is CC=CC(=O)N1Cc2ccccc2C[C@H]1C(N)=O. The normalized spacial score (nSPS) is 18.7. The van der Waals surface area contributed by atoms with Gasteiger partial charge in [0.25, 0.3) is 0 Å². The van der Waals surface area contributed by atoms with E-state index in [1.54, 1.807) is 13.0 Å². The highest BCUT2D eigenvalue weighted by atomic mass is 16.2. The Morgan fingerprint density at radius 2 is 2.00 bits per heavy atom. The maximum Gasteiger partial charge on any atom is 0.247 e. The second-order valence-electron chi connectivity index (χ2n) is 4.36. The molecule has 1 aliphatic rings. The largest absolute Gasteiger partial charge is 0.368 e. The van der Waals surface area contributed by atoms with E-state index in [0.29, 0.717) is 13.0 Å². The number of rotatable bonds is 2. The number of nitrogens with zero attached hydrogens (tertiary/aromatic N) is 1. The van der Waals surface area contributed by atoms with Gasteiger partial charge in [0.05, 0.1) is 0 Å². The van der Waals surface area contributed by atoms with Gasteiger partial charge in [-0.25, -0.2) is 0 Å². The first kappa shape index (κ1) is 12.4. The smallest absolute Gasteiger partial charge is 0.247 e. The molecule has 2 amide bonds. The third kappa shape index (κ3) is 2.27. The minimum atomic E-state index is -0.552. The van der Waals surface area contributed by atoms with Crippen molar-refractivity contribution in [2.75, 3.05) is 0 Å². The lowest BCUT2D eigenvalue weighted by molar-refractivity contribution is -0.136.